The lowest BCUT2D eigenvalue weighted by Crippen LogP contribution is -2.33. The summed E-state index contributed by atoms with van der Waals surface area (Å²) in [4.78, 5) is 18.7. The van der Waals surface area contributed by atoms with E-state index in [1.54, 1.807) is 0 Å². The van der Waals surface area contributed by atoms with Crippen LogP contribution in [0.2, 0.25) is 0 Å². The smallest absolute Gasteiger partial charge is 0.220 e. The van der Waals surface area contributed by atoms with Crippen molar-refractivity contribution in [2.45, 2.75) is 46.1 Å². The Morgan fingerprint density at radius 3 is 2.76 bits per heavy atom. The molecule has 1 aromatic heterocycles. The van der Waals surface area contributed by atoms with Gasteiger partial charge in [-0.15, -0.1) is 0 Å². The van der Waals surface area contributed by atoms with Crippen molar-refractivity contribution in [2.24, 2.45) is 5.92 Å². The molecule has 1 saturated heterocycles. The summed E-state index contributed by atoms with van der Waals surface area (Å²) in [7, 11) is 2.17. The van der Waals surface area contributed by atoms with Crippen molar-refractivity contribution in [1.29, 1.82) is 0 Å². The summed E-state index contributed by atoms with van der Waals surface area (Å²) in [6, 6.07) is 4.06. The maximum atomic E-state index is 12.0. The largest absolute Gasteiger partial charge is 0.352 e. The van der Waals surface area contributed by atoms with Gasteiger partial charge in [-0.05, 0) is 70.3 Å². The molecule has 21 heavy (non-hydrogen) atoms. The van der Waals surface area contributed by atoms with Crippen LogP contribution in [0.1, 0.15) is 42.6 Å². The monoisotopic (exact) mass is 289 g/mol. The Hall–Kier alpha value is -1.42. The third kappa shape index (κ3) is 5.46. The number of nitrogens with one attached hydrogen (secondary N) is 1. The molecule has 1 N–H and O–H groups in total. The van der Waals surface area contributed by atoms with E-state index in [4.69, 9.17) is 0 Å². The first-order chi connectivity index (χ1) is 10.0. The van der Waals surface area contributed by atoms with Crippen LogP contribution in [-0.2, 0) is 11.3 Å². The highest BCUT2D eigenvalue weighted by Gasteiger charge is 2.17. The summed E-state index contributed by atoms with van der Waals surface area (Å²) in [5, 5.41) is 3.02. The molecule has 1 aromatic rings. The van der Waals surface area contributed by atoms with Crippen LogP contribution in [-0.4, -0.2) is 35.9 Å². The lowest BCUT2D eigenvalue weighted by Gasteiger charge is -2.29. The van der Waals surface area contributed by atoms with Gasteiger partial charge in [0.15, 0.2) is 0 Å². The number of hydrogen-bond acceptors (Lipinski definition) is 3. The number of rotatable bonds is 5. The van der Waals surface area contributed by atoms with E-state index in [9.17, 15) is 4.79 Å². The van der Waals surface area contributed by atoms with E-state index < -0.39 is 0 Å². The van der Waals surface area contributed by atoms with Crippen molar-refractivity contribution in [1.82, 2.24) is 15.2 Å². The van der Waals surface area contributed by atoms with E-state index in [0.717, 1.165) is 29.9 Å². The normalized spacial score (nSPS) is 19.5. The maximum absolute atomic E-state index is 12.0. The zero-order valence-electron chi connectivity index (χ0n) is 13.5. The number of aromatic nitrogens is 1. The molecule has 0 radical (unpaired) electrons. The van der Waals surface area contributed by atoms with Crippen LogP contribution in [0, 0.1) is 19.8 Å². The molecular weight excluding hydrogens is 262 g/mol. The predicted octanol–water partition coefficient (Wildman–Crippen LogP) is 2.44. The van der Waals surface area contributed by atoms with Crippen LogP contribution in [0.25, 0.3) is 0 Å². The van der Waals surface area contributed by atoms with Crippen molar-refractivity contribution in [3.05, 3.63) is 29.1 Å². The van der Waals surface area contributed by atoms with Gasteiger partial charge in [0.2, 0.25) is 5.91 Å². The molecule has 2 heterocycles. The standard InChI is InChI=1S/C17H27N3O/c1-13-9-16(10-14(2)19-13)11-18-17(21)7-6-15-5-4-8-20(3)12-15/h9-10,15H,4-8,11-12H2,1-3H3,(H,18,21)/t15-/m0/s1. The Morgan fingerprint density at radius 1 is 1.38 bits per heavy atom. The lowest BCUT2D eigenvalue weighted by molar-refractivity contribution is -0.121. The number of pyridine rings is 1. The second kappa shape index (κ2) is 7.55. The van der Waals surface area contributed by atoms with Crippen LogP contribution in [0.5, 0.6) is 0 Å². The molecule has 4 heteroatoms. The minimum Gasteiger partial charge on any atom is -0.352 e. The Morgan fingerprint density at radius 2 is 2.10 bits per heavy atom. The second-order valence-electron chi connectivity index (χ2n) is 6.34. The van der Waals surface area contributed by atoms with E-state index in [2.05, 4.69) is 22.2 Å². The summed E-state index contributed by atoms with van der Waals surface area (Å²) in [6.45, 7) is 6.91. The molecule has 1 fully saturated rings. The van der Waals surface area contributed by atoms with Crippen molar-refractivity contribution in [2.75, 3.05) is 20.1 Å². The minimum absolute atomic E-state index is 0.162. The third-order valence-corrected chi connectivity index (χ3v) is 4.13. The van der Waals surface area contributed by atoms with Crippen LogP contribution in [0.15, 0.2) is 12.1 Å². The number of nitrogens with zero attached hydrogens (tertiary/aromatic N) is 2. The number of amides is 1. The first-order valence-electron chi connectivity index (χ1n) is 7.92. The molecule has 1 atom stereocenters. The first kappa shape index (κ1) is 16.0. The maximum Gasteiger partial charge on any atom is 0.220 e. The van der Waals surface area contributed by atoms with Gasteiger partial charge in [-0.2, -0.15) is 0 Å². The summed E-state index contributed by atoms with van der Waals surface area (Å²) in [5.41, 5.74) is 3.14. The Kier molecular flexibility index (Phi) is 5.74. The molecule has 0 aromatic carbocycles. The number of hydrogen-bond donors (Lipinski definition) is 1. The van der Waals surface area contributed by atoms with Gasteiger partial charge in [-0.3, -0.25) is 9.78 Å². The van der Waals surface area contributed by atoms with Gasteiger partial charge < -0.3 is 10.2 Å². The van der Waals surface area contributed by atoms with Gasteiger partial charge in [0.1, 0.15) is 0 Å². The summed E-state index contributed by atoms with van der Waals surface area (Å²) < 4.78 is 0. The zero-order valence-corrected chi connectivity index (χ0v) is 13.5. The SMILES string of the molecule is Cc1cc(CNC(=O)CC[C@@H]2CCCN(C)C2)cc(C)n1. The Balaban J connectivity index is 1.72. The Labute approximate surface area is 127 Å². The molecular formula is C17H27N3O. The van der Waals surface area contributed by atoms with Crippen molar-refractivity contribution < 1.29 is 4.79 Å². The van der Waals surface area contributed by atoms with Crippen LogP contribution in [0.4, 0.5) is 0 Å². The highest BCUT2D eigenvalue weighted by Crippen LogP contribution is 2.19. The van der Waals surface area contributed by atoms with E-state index in [-0.39, 0.29) is 5.91 Å². The molecule has 0 unspecified atom stereocenters. The third-order valence-electron chi connectivity index (χ3n) is 4.13. The molecule has 0 bridgehead atoms. The number of carbonyl (C=O) groups excluding carboxylic acids is 1. The number of likely N-dealkylation sites (tertiary alicyclic amines) is 1. The van der Waals surface area contributed by atoms with Gasteiger partial charge in [0.25, 0.3) is 0 Å². The molecule has 0 saturated carbocycles. The highest BCUT2D eigenvalue weighted by molar-refractivity contribution is 5.75. The fraction of sp³-hybridized carbons (Fsp3) is 0.647. The van der Waals surface area contributed by atoms with Gasteiger partial charge in [0, 0.05) is 30.9 Å². The highest BCUT2D eigenvalue weighted by atomic mass is 16.1. The van der Waals surface area contributed by atoms with E-state index in [1.807, 2.05) is 26.0 Å². The van der Waals surface area contributed by atoms with Gasteiger partial charge in [0.05, 0.1) is 0 Å². The molecule has 0 aliphatic carbocycles. The summed E-state index contributed by atoms with van der Waals surface area (Å²) >= 11 is 0. The molecule has 116 valence electrons. The van der Waals surface area contributed by atoms with E-state index in [1.165, 1.54) is 19.4 Å². The molecule has 2 rings (SSSR count). The van der Waals surface area contributed by atoms with Crippen LogP contribution < -0.4 is 5.32 Å². The molecule has 1 aliphatic rings. The molecule has 1 amide bonds. The average molecular weight is 289 g/mol. The molecule has 4 nitrogen and oxygen atoms in total. The summed E-state index contributed by atoms with van der Waals surface area (Å²) in [6.07, 6.45) is 4.17. The van der Waals surface area contributed by atoms with Crippen molar-refractivity contribution in [3.63, 3.8) is 0 Å². The molecule has 1 aliphatic heterocycles. The number of piperidine rings is 1. The number of carbonyl (C=O) groups is 1. The number of aryl methyl sites for hydroxylation is 2. The zero-order chi connectivity index (χ0) is 15.2. The van der Waals surface area contributed by atoms with Gasteiger partial charge >= 0.3 is 0 Å². The fourth-order valence-electron chi connectivity index (χ4n) is 3.16. The first-order valence-corrected chi connectivity index (χ1v) is 7.92. The fourth-order valence-corrected chi connectivity index (χ4v) is 3.16. The van der Waals surface area contributed by atoms with Crippen molar-refractivity contribution >= 4 is 5.91 Å². The summed E-state index contributed by atoms with van der Waals surface area (Å²) in [5.74, 6) is 0.843. The molecule has 0 spiro atoms. The quantitative estimate of drug-likeness (QED) is 0.905. The predicted molar refractivity (Wildman–Crippen MR) is 85.0 cm³/mol. The Bertz CT molecular complexity index is 467. The van der Waals surface area contributed by atoms with E-state index >= 15 is 0 Å². The van der Waals surface area contributed by atoms with Crippen LogP contribution in [0.3, 0.4) is 0 Å². The topological polar surface area (TPSA) is 45.2 Å². The van der Waals surface area contributed by atoms with Crippen LogP contribution >= 0.6 is 0 Å². The van der Waals surface area contributed by atoms with Gasteiger partial charge in [-0.1, -0.05) is 0 Å². The second-order valence-corrected chi connectivity index (χ2v) is 6.34. The minimum atomic E-state index is 0.162. The van der Waals surface area contributed by atoms with Gasteiger partial charge in [-0.25, -0.2) is 0 Å². The van der Waals surface area contributed by atoms with Crippen molar-refractivity contribution in [3.8, 4) is 0 Å². The van der Waals surface area contributed by atoms with E-state index in [0.29, 0.717) is 18.9 Å². The average Bonchev–Trinajstić information content (AvgIpc) is 2.42. The lowest BCUT2D eigenvalue weighted by atomic mass is 9.93.